The number of hydrogen-bond donors (Lipinski definition) is 1. The third-order valence-corrected chi connectivity index (χ3v) is 5.88. The van der Waals surface area contributed by atoms with Gasteiger partial charge in [-0.15, -0.1) is 0 Å². The molecule has 1 aromatic heterocycles. The van der Waals surface area contributed by atoms with E-state index in [-0.39, 0.29) is 7.92 Å². The third kappa shape index (κ3) is 2.81. The number of rotatable bonds is 4. The lowest BCUT2D eigenvalue weighted by atomic mass is 10.4. The number of imidazole rings is 1. The zero-order valence-corrected chi connectivity index (χ0v) is 12.4. The normalized spacial score (nSPS) is 10.9. The highest BCUT2D eigenvalue weighted by Crippen LogP contribution is 2.36. The number of aromatic nitrogens is 2. The summed E-state index contributed by atoms with van der Waals surface area (Å²) in [6.07, 6.45) is 5.10. The van der Waals surface area contributed by atoms with Crippen LogP contribution in [0.2, 0.25) is 0 Å². The molecule has 3 aromatic rings. The van der Waals surface area contributed by atoms with Gasteiger partial charge in [0.1, 0.15) is 12.4 Å². The second kappa shape index (κ2) is 6.02. The van der Waals surface area contributed by atoms with Crippen LogP contribution in [0.15, 0.2) is 73.1 Å². The number of aromatic amines is 1. The van der Waals surface area contributed by atoms with Crippen LogP contribution >= 0.6 is 7.92 Å². The Hall–Kier alpha value is -1.92. The Morgan fingerprint density at radius 3 is 1.90 bits per heavy atom. The molecule has 100 valence electrons. The van der Waals surface area contributed by atoms with E-state index in [0.717, 1.165) is 6.16 Å². The molecule has 1 N–H and O–H groups in total. The molecule has 0 saturated carbocycles. The summed E-state index contributed by atoms with van der Waals surface area (Å²) in [7, 11) is 1.72. The van der Waals surface area contributed by atoms with Crippen molar-refractivity contribution in [1.82, 2.24) is 4.98 Å². The van der Waals surface area contributed by atoms with Gasteiger partial charge >= 0.3 is 0 Å². The Balaban J connectivity index is 1.98. The highest BCUT2D eigenvalue weighted by Gasteiger charge is 2.19. The zero-order chi connectivity index (χ0) is 13.8. The molecule has 0 saturated heterocycles. The van der Waals surface area contributed by atoms with Gasteiger partial charge in [0.05, 0.1) is 13.2 Å². The van der Waals surface area contributed by atoms with Crippen LogP contribution in [-0.2, 0) is 13.2 Å². The minimum absolute atomic E-state index is 0.370. The molecule has 20 heavy (non-hydrogen) atoms. The highest BCUT2D eigenvalue weighted by atomic mass is 31.1. The molecule has 0 aliphatic carbocycles. The lowest BCUT2D eigenvalue weighted by Crippen LogP contribution is -2.31. The Morgan fingerprint density at radius 2 is 1.45 bits per heavy atom. The molecule has 0 amide bonds. The fourth-order valence-corrected chi connectivity index (χ4v) is 4.63. The van der Waals surface area contributed by atoms with Crippen LogP contribution in [0.25, 0.3) is 0 Å². The summed E-state index contributed by atoms with van der Waals surface area (Å²) in [5, 5.41) is 2.84. The molecule has 0 bridgehead atoms. The van der Waals surface area contributed by atoms with Crippen molar-refractivity contribution in [3.63, 3.8) is 0 Å². The largest absolute Gasteiger partial charge is 0.258 e. The van der Waals surface area contributed by atoms with Crippen molar-refractivity contribution in [2.24, 2.45) is 7.05 Å². The Bertz CT molecular complexity index is 622. The van der Waals surface area contributed by atoms with Crippen LogP contribution in [-0.4, -0.2) is 4.98 Å². The van der Waals surface area contributed by atoms with Crippen molar-refractivity contribution in [1.29, 1.82) is 0 Å². The van der Waals surface area contributed by atoms with Gasteiger partial charge in [0.15, 0.2) is 0 Å². The van der Waals surface area contributed by atoms with Crippen LogP contribution in [0.1, 0.15) is 5.82 Å². The minimum atomic E-state index is -0.370. The smallest absolute Gasteiger partial charge is 0.247 e. The first-order chi connectivity index (χ1) is 9.84. The number of benzene rings is 2. The van der Waals surface area contributed by atoms with Crippen molar-refractivity contribution >= 4 is 18.5 Å². The maximum Gasteiger partial charge on any atom is 0.258 e. The van der Waals surface area contributed by atoms with Crippen molar-refractivity contribution < 1.29 is 4.57 Å². The van der Waals surface area contributed by atoms with Gasteiger partial charge < -0.3 is 0 Å². The maximum absolute atomic E-state index is 3.35. The molecular weight excluding hydrogens is 263 g/mol. The summed E-state index contributed by atoms with van der Waals surface area (Å²) in [6, 6.07) is 21.6. The van der Waals surface area contributed by atoms with Gasteiger partial charge in [-0.1, -0.05) is 60.7 Å². The first-order valence-corrected chi connectivity index (χ1v) is 8.27. The molecule has 1 heterocycles. The SMILES string of the molecule is C[n+]1cc[nH]c1CP(c1ccccc1)c1ccccc1. The molecule has 0 aliphatic rings. The first kappa shape index (κ1) is 13.1. The Morgan fingerprint density at radius 1 is 0.900 bits per heavy atom. The maximum atomic E-state index is 3.35. The van der Waals surface area contributed by atoms with Gasteiger partial charge in [0, 0.05) is 0 Å². The van der Waals surface area contributed by atoms with Gasteiger partial charge in [-0.05, 0) is 18.5 Å². The monoisotopic (exact) mass is 281 g/mol. The predicted octanol–water partition coefficient (Wildman–Crippen LogP) is 2.47. The van der Waals surface area contributed by atoms with Crippen molar-refractivity contribution in [3.05, 3.63) is 78.9 Å². The number of H-pyrrole nitrogens is 1. The number of hydrogen-bond acceptors (Lipinski definition) is 0. The second-order valence-electron chi connectivity index (χ2n) is 4.77. The van der Waals surface area contributed by atoms with Crippen LogP contribution < -0.4 is 15.2 Å². The van der Waals surface area contributed by atoms with E-state index in [2.05, 4.69) is 83.5 Å². The zero-order valence-electron chi connectivity index (χ0n) is 11.5. The summed E-state index contributed by atoms with van der Waals surface area (Å²) in [4.78, 5) is 3.35. The second-order valence-corrected chi connectivity index (χ2v) is 6.98. The van der Waals surface area contributed by atoms with Gasteiger partial charge in [-0.2, -0.15) is 0 Å². The summed E-state index contributed by atoms with van der Waals surface area (Å²) in [6.45, 7) is 0. The molecule has 2 nitrogen and oxygen atoms in total. The van der Waals surface area contributed by atoms with Crippen LogP contribution in [0.4, 0.5) is 0 Å². The summed E-state index contributed by atoms with van der Waals surface area (Å²) < 4.78 is 2.17. The van der Waals surface area contributed by atoms with E-state index in [1.807, 2.05) is 6.20 Å². The summed E-state index contributed by atoms with van der Waals surface area (Å²) in [5.74, 6) is 1.27. The highest BCUT2D eigenvalue weighted by molar-refractivity contribution is 7.72. The molecule has 0 unspecified atom stereocenters. The fraction of sp³-hybridized carbons (Fsp3) is 0.118. The van der Waals surface area contributed by atoms with Crippen molar-refractivity contribution in [2.75, 3.05) is 0 Å². The van der Waals surface area contributed by atoms with Gasteiger partial charge in [-0.25, -0.2) is 9.55 Å². The van der Waals surface area contributed by atoms with E-state index < -0.39 is 0 Å². The van der Waals surface area contributed by atoms with E-state index in [0.29, 0.717) is 0 Å². The molecule has 0 spiro atoms. The van der Waals surface area contributed by atoms with Crippen molar-refractivity contribution in [3.8, 4) is 0 Å². The van der Waals surface area contributed by atoms with Gasteiger partial charge in [0.25, 0.3) is 5.82 Å². The Labute approximate surface area is 120 Å². The van der Waals surface area contributed by atoms with E-state index in [4.69, 9.17) is 0 Å². The lowest BCUT2D eigenvalue weighted by Gasteiger charge is -2.16. The fourth-order valence-electron chi connectivity index (χ4n) is 2.29. The van der Waals surface area contributed by atoms with Crippen LogP contribution in [0, 0.1) is 0 Å². The average Bonchev–Trinajstić information content (AvgIpc) is 2.92. The van der Waals surface area contributed by atoms with Gasteiger partial charge in [0.2, 0.25) is 0 Å². The van der Waals surface area contributed by atoms with E-state index >= 15 is 0 Å². The predicted molar refractivity (Wildman–Crippen MR) is 84.7 cm³/mol. The molecule has 2 aromatic carbocycles. The van der Waals surface area contributed by atoms with E-state index in [1.165, 1.54) is 16.4 Å². The minimum Gasteiger partial charge on any atom is -0.247 e. The quantitative estimate of drug-likeness (QED) is 0.560. The topological polar surface area (TPSA) is 19.7 Å². The molecular formula is C17H18N2P+. The number of aryl methyl sites for hydroxylation is 1. The molecule has 0 aliphatic heterocycles. The molecule has 0 atom stereocenters. The molecule has 3 heteroatoms. The average molecular weight is 281 g/mol. The Kier molecular flexibility index (Phi) is 3.94. The lowest BCUT2D eigenvalue weighted by molar-refractivity contribution is -0.676. The number of nitrogens with one attached hydrogen (secondary N) is 1. The van der Waals surface area contributed by atoms with Crippen LogP contribution in [0.5, 0.6) is 0 Å². The first-order valence-electron chi connectivity index (χ1n) is 6.74. The third-order valence-electron chi connectivity index (χ3n) is 3.42. The summed E-state index contributed by atoms with van der Waals surface area (Å²) in [5.41, 5.74) is 0. The van der Waals surface area contributed by atoms with Crippen molar-refractivity contribution in [2.45, 2.75) is 6.16 Å². The summed E-state index contributed by atoms with van der Waals surface area (Å²) >= 11 is 0. The number of nitrogens with zero attached hydrogens (tertiary/aromatic N) is 1. The molecule has 0 fully saturated rings. The molecule has 3 rings (SSSR count). The van der Waals surface area contributed by atoms with Crippen LogP contribution in [0.3, 0.4) is 0 Å². The molecule has 0 radical (unpaired) electrons. The van der Waals surface area contributed by atoms with Gasteiger partial charge in [-0.3, -0.25) is 0 Å². The standard InChI is InChI=1S/C17H17N2P/c1-19-13-12-18-17(19)14-20(15-8-4-2-5-9-15)16-10-6-3-7-11-16/h2-13H,14H2,1H3/p+1. The van der Waals surface area contributed by atoms with E-state index in [1.54, 1.807) is 0 Å². The van der Waals surface area contributed by atoms with E-state index in [9.17, 15) is 0 Å².